The number of hydrogen-bond acceptors (Lipinski definition) is 4. The number of carboxylic acid groups (broad SMARTS) is 1. The molecule has 0 aliphatic heterocycles. The molecule has 1 aromatic carbocycles. The summed E-state index contributed by atoms with van der Waals surface area (Å²) in [5, 5.41) is 11.4. The van der Waals surface area contributed by atoms with E-state index in [1.54, 1.807) is 17.1 Å². The van der Waals surface area contributed by atoms with Crippen LogP contribution in [0.2, 0.25) is 0 Å². The average Bonchev–Trinajstić information content (AvgIpc) is 2.78. The third-order valence-electron chi connectivity index (χ3n) is 2.30. The van der Waals surface area contributed by atoms with Gasteiger partial charge in [-0.05, 0) is 17.9 Å². The molecule has 0 bridgehead atoms. The predicted octanol–water partition coefficient (Wildman–Crippen LogP) is 3.55. The molecule has 2 rings (SSSR count). The lowest BCUT2D eigenvalue weighted by atomic mass is 10.2. The maximum atomic E-state index is 10.6. The summed E-state index contributed by atoms with van der Waals surface area (Å²) in [4.78, 5) is 16.2. The van der Waals surface area contributed by atoms with Gasteiger partial charge in [-0.1, -0.05) is 19.1 Å². The maximum absolute atomic E-state index is 10.6. The van der Waals surface area contributed by atoms with E-state index in [9.17, 15) is 4.79 Å². The highest BCUT2D eigenvalue weighted by Crippen LogP contribution is 2.26. The second kappa shape index (κ2) is 6.02. The van der Waals surface area contributed by atoms with E-state index >= 15 is 0 Å². The molecule has 1 N–H and O–H groups in total. The fourth-order valence-corrected chi connectivity index (χ4v) is 3.02. The molecule has 1 heterocycles. The van der Waals surface area contributed by atoms with Gasteiger partial charge in [0.15, 0.2) is 0 Å². The Morgan fingerprint density at radius 1 is 1.39 bits per heavy atom. The smallest absolute Gasteiger partial charge is 0.309 e. The first-order valence-electron chi connectivity index (χ1n) is 5.58. The number of carboxylic acids is 1. The largest absolute Gasteiger partial charge is 0.481 e. The van der Waals surface area contributed by atoms with Crippen molar-refractivity contribution in [2.24, 2.45) is 0 Å². The van der Waals surface area contributed by atoms with Crippen LogP contribution in [0.3, 0.4) is 0 Å². The van der Waals surface area contributed by atoms with E-state index < -0.39 is 5.97 Å². The van der Waals surface area contributed by atoms with Crippen LogP contribution in [-0.4, -0.2) is 21.8 Å². The second-order valence-corrected chi connectivity index (χ2v) is 5.87. The molecule has 1 aromatic heterocycles. The minimum atomic E-state index is -0.846. The van der Waals surface area contributed by atoms with Gasteiger partial charge in [0.1, 0.15) is 5.01 Å². The van der Waals surface area contributed by atoms with Gasteiger partial charge >= 0.3 is 5.97 Å². The summed E-state index contributed by atoms with van der Waals surface area (Å²) in [7, 11) is 0. The minimum Gasteiger partial charge on any atom is -0.481 e. The van der Waals surface area contributed by atoms with E-state index in [1.165, 1.54) is 16.2 Å². The van der Waals surface area contributed by atoms with Crippen molar-refractivity contribution in [2.75, 3.05) is 5.75 Å². The van der Waals surface area contributed by atoms with E-state index in [4.69, 9.17) is 5.11 Å². The molecule has 0 saturated carbocycles. The van der Waals surface area contributed by atoms with Gasteiger partial charge in [0.2, 0.25) is 0 Å². The maximum Gasteiger partial charge on any atom is 0.309 e. The van der Waals surface area contributed by atoms with Crippen molar-refractivity contribution in [1.29, 1.82) is 0 Å². The average molecular weight is 279 g/mol. The third kappa shape index (κ3) is 3.34. The molecular weight excluding hydrogens is 266 g/mol. The minimum absolute atomic E-state index is 0.0136. The van der Waals surface area contributed by atoms with Gasteiger partial charge in [0.05, 0.1) is 12.1 Å². The zero-order chi connectivity index (χ0) is 13.0. The van der Waals surface area contributed by atoms with Crippen molar-refractivity contribution in [3.63, 3.8) is 0 Å². The highest BCUT2D eigenvalue weighted by molar-refractivity contribution is 7.99. The molecule has 94 valence electrons. The zero-order valence-electron chi connectivity index (χ0n) is 9.92. The van der Waals surface area contributed by atoms with Gasteiger partial charge in [-0.2, -0.15) is 0 Å². The molecule has 18 heavy (non-hydrogen) atoms. The van der Waals surface area contributed by atoms with Gasteiger partial charge in [-0.3, -0.25) is 4.79 Å². The number of hydrogen-bond donors (Lipinski definition) is 1. The molecule has 3 nitrogen and oxygen atoms in total. The van der Waals surface area contributed by atoms with E-state index in [0.717, 1.165) is 16.3 Å². The first kappa shape index (κ1) is 13.1. The van der Waals surface area contributed by atoms with Crippen molar-refractivity contribution in [3.8, 4) is 10.6 Å². The van der Waals surface area contributed by atoms with Crippen LogP contribution in [0.5, 0.6) is 0 Å². The van der Waals surface area contributed by atoms with Crippen LogP contribution >= 0.6 is 23.1 Å². The van der Waals surface area contributed by atoms with Crippen LogP contribution in [0, 0.1) is 0 Å². The molecule has 0 radical (unpaired) electrons. The first-order valence-corrected chi connectivity index (χ1v) is 7.45. The molecule has 5 heteroatoms. The van der Waals surface area contributed by atoms with Crippen LogP contribution in [0.4, 0.5) is 0 Å². The summed E-state index contributed by atoms with van der Waals surface area (Å²) in [5.74, 6) is 0.209. The third-order valence-corrected chi connectivity index (χ3v) is 4.13. The van der Waals surface area contributed by atoms with Crippen LogP contribution in [0.15, 0.2) is 34.5 Å². The van der Waals surface area contributed by atoms with Crippen molar-refractivity contribution in [1.82, 2.24) is 4.98 Å². The predicted molar refractivity (Wildman–Crippen MR) is 75.3 cm³/mol. The molecular formula is C13H13NO2S2. The number of nitrogens with zero attached hydrogens (tertiary/aromatic N) is 1. The summed E-state index contributed by atoms with van der Waals surface area (Å²) >= 11 is 3.28. The van der Waals surface area contributed by atoms with Gasteiger partial charge < -0.3 is 5.11 Å². The number of thiazole rings is 1. The molecule has 0 spiro atoms. The number of thioether (sulfide) groups is 1. The zero-order valence-corrected chi connectivity index (χ0v) is 11.6. The van der Waals surface area contributed by atoms with Gasteiger partial charge in [0, 0.05) is 15.8 Å². The van der Waals surface area contributed by atoms with Crippen LogP contribution in [0.25, 0.3) is 10.6 Å². The molecule has 2 aromatic rings. The lowest BCUT2D eigenvalue weighted by molar-refractivity contribution is -0.136. The lowest BCUT2D eigenvalue weighted by Gasteiger charge is -2.00. The fraction of sp³-hybridized carbons (Fsp3) is 0.231. The SMILES string of the molecule is CCSc1ccc(-c2nc(CC(=O)O)cs2)cc1. The molecule has 0 amide bonds. The Kier molecular flexibility index (Phi) is 4.38. The standard InChI is InChI=1S/C13H13NO2S2/c1-2-17-11-5-3-9(4-6-11)13-14-10(8-18-13)7-12(15)16/h3-6,8H,2,7H2,1H3,(H,15,16). The second-order valence-electron chi connectivity index (χ2n) is 3.67. The quantitative estimate of drug-likeness (QED) is 0.850. The van der Waals surface area contributed by atoms with Crippen LogP contribution in [-0.2, 0) is 11.2 Å². The Balaban J connectivity index is 2.15. The van der Waals surface area contributed by atoms with E-state index in [1.807, 2.05) is 12.1 Å². The molecule has 0 atom stereocenters. The van der Waals surface area contributed by atoms with Crippen molar-refractivity contribution >= 4 is 29.1 Å². The van der Waals surface area contributed by atoms with E-state index in [-0.39, 0.29) is 6.42 Å². The van der Waals surface area contributed by atoms with Crippen LogP contribution in [0.1, 0.15) is 12.6 Å². The van der Waals surface area contributed by atoms with Gasteiger partial charge in [-0.15, -0.1) is 23.1 Å². The van der Waals surface area contributed by atoms with E-state index in [2.05, 4.69) is 24.0 Å². The number of carbonyl (C=O) groups is 1. The Labute approximate surface area is 114 Å². The Hall–Kier alpha value is -1.33. The number of aromatic nitrogens is 1. The first-order chi connectivity index (χ1) is 8.69. The molecule has 0 fully saturated rings. The van der Waals surface area contributed by atoms with Gasteiger partial charge in [-0.25, -0.2) is 4.98 Å². The highest BCUT2D eigenvalue weighted by atomic mass is 32.2. The van der Waals surface area contributed by atoms with E-state index in [0.29, 0.717) is 5.69 Å². The molecule has 0 unspecified atom stereocenters. The summed E-state index contributed by atoms with van der Waals surface area (Å²) in [6, 6.07) is 8.20. The molecule has 0 saturated heterocycles. The monoisotopic (exact) mass is 279 g/mol. The summed E-state index contributed by atoms with van der Waals surface area (Å²) in [5.41, 5.74) is 1.66. The number of aliphatic carboxylic acids is 1. The van der Waals surface area contributed by atoms with Crippen molar-refractivity contribution in [2.45, 2.75) is 18.2 Å². The van der Waals surface area contributed by atoms with Crippen LogP contribution < -0.4 is 0 Å². The molecule has 0 aliphatic rings. The fourth-order valence-electron chi connectivity index (χ4n) is 1.54. The Morgan fingerprint density at radius 3 is 2.72 bits per heavy atom. The summed E-state index contributed by atoms with van der Waals surface area (Å²) in [6.45, 7) is 2.12. The summed E-state index contributed by atoms with van der Waals surface area (Å²) < 4.78 is 0. The number of rotatable bonds is 5. The Bertz CT molecular complexity index is 534. The normalized spacial score (nSPS) is 10.5. The lowest BCUT2D eigenvalue weighted by Crippen LogP contribution is -1.99. The Morgan fingerprint density at radius 2 is 2.11 bits per heavy atom. The molecule has 0 aliphatic carbocycles. The van der Waals surface area contributed by atoms with Crippen molar-refractivity contribution < 1.29 is 9.90 Å². The van der Waals surface area contributed by atoms with Gasteiger partial charge in [0.25, 0.3) is 0 Å². The highest BCUT2D eigenvalue weighted by Gasteiger charge is 2.07. The topological polar surface area (TPSA) is 50.2 Å². The van der Waals surface area contributed by atoms with Crippen molar-refractivity contribution in [3.05, 3.63) is 35.3 Å². The summed E-state index contributed by atoms with van der Waals surface area (Å²) in [6.07, 6.45) is -0.0136. The number of benzene rings is 1.